The van der Waals surface area contributed by atoms with Gasteiger partial charge in [-0.25, -0.2) is 8.78 Å². The molecule has 0 bridgehead atoms. The molecule has 3 heteroatoms. The van der Waals surface area contributed by atoms with E-state index in [0.29, 0.717) is 12.2 Å². The Morgan fingerprint density at radius 3 is 2.53 bits per heavy atom. The first-order valence-corrected chi connectivity index (χ1v) is 5.40. The highest BCUT2D eigenvalue weighted by Crippen LogP contribution is 2.19. The van der Waals surface area contributed by atoms with Crippen LogP contribution >= 0.6 is 0 Å². The molecule has 2 aromatic rings. The van der Waals surface area contributed by atoms with Gasteiger partial charge in [0.1, 0.15) is 11.6 Å². The molecule has 0 saturated heterocycles. The predicted molar refractivity (Wildman–Crippen MR) is 64.9 cm³/mol. The van der Waals surface area contributed by atoms with Crippen molar-refractivity contribution < 1.29 is 8.78 Å². The van der Waals surface area contributed by atoms with Crippen LogP contribution in [0, 0.1) is 18.6 Å². The molecular formula is C14H13F2N. The fourth-order valence-electron chi connectivity index (χ4n) is 1.69. The Morgan fingerprint density at radius 2 is 1.82 bits per heavy atom. The van der Waals surface area contributed by atoms with E-state index in [1.807, 2.05) is 13.0 Å². The Morgan fingerprint density at radius 1 is 1.06 bits per heavy atom. The molecule has 0 heterocycles. The van der Waals surface area contributed by atoms with Crippen LogP contribution in [0.25, 0.3) is 0 Å². The van der Waals surface area contributed by atoms with Gasteiger partial charge in [0.15, 0.2) is 0 Å². The molecule has 0 saturated carbocycles. The van der Waals surface area contributed by atoms with Crippen molar-refractivity contribution in [3.8, 4) is 0 Å². The zero-order valence-corrected chi connectivity index (χ0v) is 9.50. The number of hydrogen-bond donors (Lipinski definition) is 1. The van der Waals surface area contributed by atoms with Crippen LogP contribution in [-0.4, -0.2) is 0 Å². The van der Waals surface area contributed by atoms with Crippen molar-refractivity contribution in [3.05, 3.63) is 65.2 Å². The number of nitrogens with one attached hydrogen (secondary N) is 1. The molecule has 0 spiro atoms. The predicted octanol–water partition coefficient (Wildman–Crippen LogP) is 3.89. The molecule has 0 aliphatic carbocycles. The van der Waals surface area contributed by atoms with Crippen molar-refractivity contribution in [1.29, 1.82) is 0 Å². The summed E-state index contributed by atoms with van der Waals surface area (Å²) in [6, 6.07) is 11.2. The summed E-state index contributed by atoms with van der Waals surface area (Å²) in [6.45, 7) is 2.23. The largest absolute Gasteiger partial charge is 0.378 e. The smallest absolute Gasteiger partial charge is 0.146 e. The van der Waals surface area contributed by atoms with Gasteiger partial charge in [0, 0.05) is 6.54 Å². The Hall–Kier alpha value is -1.90. The van der Waals surface area contributed by atoms with Crippen LogP contribution in [0.15, 0.2) is 42.5 Å². The maximum absolute atomic E-state index is 13.5. The molecule has 88 valence electrons. The van der Waals surface area contributed by atoms with E-state index in [4.69, 9.17) is 0 Å². The molecule has 1 N–H and O–H groups in total. The molecule has 0 aliphatic heterocycles. The first-order valence-electron chi connectivity index (χ1n) is 5.40. The molecule has 0 atom stereocenters. The fourth-order valence-corrected chi connectivity index (χ4v) is 1.69. The van der Waals surface area contributed by atoms with Gasteiger partial charge in [-0.2, -0.15) is 0 Å². The van der Waals surface area contributed by atoms with Crippen molar-refractivity contribution >= 4 is 5.69 Å². The molecule has 0 radical (unpaired) electrons. The molecule has 2 rings (SSSR count). The molecule has 0 amide bonds. The molecule has 0 fully saturated rings. The number of para-hydroxylation sites is 1. The highest BCUT2D eigenvalue weighted by molar-refractivity contribution is 5.51. The standard InChI is InChI=1S/C14H13F2N/c1-10-4-2-7-13(16)14(10)17-9-11-5-3-6-12(15)8-11/h2-8,17H,9H2,1H3. The number of hydrogen-bond acceptors (Lipinski definition) is 1. The minimum atomic E-state index is -0.290. The SMILES string of the molecule is Cc1cccc(F)c1NCc1cccc(F)c1. The second kappa shape index (κ2) is 4.95. The van der Waals surface area contributed by atoms with Crippen LogP contribution < -0.4 is 5.32 Å². The van der Waals surface area contributed by atoms with E-state index in [1.165, 1.54) is 18.2 Å². The van der Waals surface area contributed by atoms with E-state index in [-0.39, 0.29) is 11.6 Å². The van der Waals surface area contributed by atoms with Crippen molar-refractivity contribution in [2.45, 2.75) is 13.5 Å². The summed E-state index contributed by atoms with van der Waals surface area (Å²) in [4.78, 5) is 0. The van der Waals surface area contributed by atoms with Gasteiger partial charge >= 0.3 is 0 Å². The summed E-state index contributed by atoms with van der Waals surface area (Å²) in [7, 11) is 0. The van der Waals surface area contributed by atoms with Gasteiger partial charge in [-0.15, -0.1) is 0 Å². The van der Waals surface area contributed by atoms with Gasteiger partial charge in [-0.05, 0) is 36.2 Å². The lowest BCUT2D eigenvalue weighted by atomic mass is 10.1. The second-order valence-corrected chi connectivity index (χ2v) is 3.92. The Labute approximate surface area is 99.1 Å². The number of rotatable bonds is 3. The summed E-state index contributed by atoms with van der Waals surface area (Å²) < 4.78 is 26.4. The second-order valence-electron chi connectivity index (χ2n) is 3.92. The fraction of sp³-hybridized carbons (Fsp3) is 0.143. The monoisotopic (exact) mass is 233 g/mol. The maximum atomic E-state index is 13.5. The van der Waals surface area contributed by atoms with E-state index in [9.17, 15) is 8.78 Å². The summed E-state index contributed by atoms with van der Waals surface area (Å²) >= 11 is 0. The molecular weight excluding hydrogens is 220 g/mol. The first-order chi connectivity index (χ1) is 8.16. The van der Waals surface area contributed by atoms with Crippen molar-refractivity contribution in [2.24, 2.45) is 0 Å². The third-order valence-electron chi connectivity index (χ3n) is 2.58. The van der Waals surface area contributed by atoms with E-state index in [0.717, 1.165) is 11.1 Å². The molecule has 0 aromatic heterocycles. The van der Waals surface area contributed by atoms with Crippen molar-refractivity contribution in [1.82, 2.24) is 0 Å². The third-order valence-corrected chi connectivity index (χ3v) is 2.58. The van der Waals surface area contributed by atoms with Gasteiger partial charge in [0.2, 0.25) is 0 Å². The number of benzene rings is 2. The average molecular weight is 233 g/mol. The number of anilines is 1. The van der Waals surface area contributed by atoms with Crippen LogP contribution in [-0.2, 0) is 6.54 Å². The highest BCUT2D eigenvalue weighted by Gasteiger charge is 2.04. The topological polar surface area (TPSA) is 12.0 Å². The Kier molecular flexibility index (Phi) is 3.38. The summed E-state index contributed by atoms with van der Waals surface area (Å²) in [5.41, 5.74) is 2.09. The highest BCUT2D eigenvalue weighted by atomic mass is 19.1. The van der Waals surface area contributed by atoms with Crippen LogP contribution in [0.4, 0.5) is 14.5 Å². The van der Waals surface area contributed by atoms with E-state index in [2.05, 4.69) is 5.32 Å². The molecule has 1 nitrogen and oxygen atoms in total. The quantitative estimate of drug-likeness (QED) is 0.848. The lowest BCUT2D eigenvalue weighted by molar-refractivity contribution is 0.624. The third kappa shape index (κ3) is 2.81. The zero-order chi connectivity index (χ0) is 12.3. The van der Waals surface area contributed by atoms with Gasteiger partial charge in [-0.1, -0.05) is 24.3 Å². The molecule has 0 aliphatic rings. The maximum Gasteiger partial charge on any atom is 0.146 e. The molecule has 17 heavy (non-hydrogen) atoms. The average Bonchev–Trinajstić information content (AvgIpc) is 2.28. The molecule has 2 aromatic carbocycles. The summed E-state index contributed by atoms with van der Waals surface area (Å²) in [5, 5.41) is 2.98. The van der Waals surface area contributed by atoms with Crippen LogP contribution in [0.2, 0.25) is 0 Å². The van der Waals surface area contributed by atoms with E-state index < -0.39 is 0 Å². The van der Waals surface area contributed by atoms with E-state index in [1.54, 1.807) is 18.2 Å². The van der Waals surface area contributed by atoms with Gasteiger partial charge in [0.05, 0.1) is 5.69 Å². The van der Waals surface area contributed by atoms with Gasteiger partial charge in [0.25, 0.3) is 0 Å². The normalized spacial score (nSPS) is 10.3. The Balaban J connectivity index is 2.13. The lowest BCUT2D eigenvalue weighted by Crippen LogP contribution is -2.03. The Bertz CT molecular complexity index is 503. The molecule has 0 unspecified atom stereocenters. The minimum absolute atomic E-state index is 0.283. The first kappa shape index (κ1) is 11.6. The van der Waals surface area contributed by atoms with E-state index >= 15 is 0 Å². The van der Waals surface area contributed by atoms with Gasteiger partial charge in [-0.3, -0.25) is 0 Å². The van der Waals surface area contributed by atoms with Crippen LogP contribution in [0.1, 0.15) is 11.1 Å². The van der Waals surface area contributed by atoms with Crippen molar-refractivity contribution in [2.75, 3.05) is 5.32 Å². The minimum Gasteiger partial charge on any atom is -0.378 e. The summed E-state index contributed by atoms with van der Waals surface area (Å²) in [6.07, 6.45) is 0. The number of aryl methyl sites for hydroxylation is 1. The lowest BCUT2D eigenvalue weighted by Gasteiger charge is -2.10. The van der Waals surface area contributed by atoms with Crippen LogP contribution in [0.5, 0.6) is 0 Å². The van der Waals surface area contributed by atoms with Gasteiger partial charge < -0.3 is 5.32 Å². The van der Waals surface area contributed by atoms with Crippen LogP contribution in [0.3, 0.4) is 0 Å². The number of halogens is 2. The van der Waals surface area contributed by atoms with Crippen molar-refractivity contribution in [3.63, 3.8) is 0 Å². The summed E-state index contributed by atoms with van der Waals surface area (Å²) in [5.74, 6) is -0.573. The zero-order valence-electron chi connectivity index (χ0n) is 9.50.